The summed E-state index contributed by atoms with van der Waals surface area (Å²) in [5.41, 5.74) is 24.2. The molecule has 0 amide bonds. The molecule has 2 aliphatic heterocycles. The molecule has 0 atom stereocenters. The van der Waals surface area contributed by atoms with Crippen LogP contribution in [0.5, 0.6) is 0 Å². The minimum Gasteiger partial charge on any atom is -0.311 e. The summed E-state index contributed by atoms with van der Waals surface area (Å²) in [5, 5.41) is 0. The maximum Gasteiger partial charge on any atom is 0.252 e. The summed E-state index contributed by atoms with van der Waals surface area (Å²) in [6.45, 7) is 28.6. The van der Waals surface area contributed by atoms with Crippen molar-refractivity contribution >= 4 is 57.2 Å². The van der Waals surface area contributed by atoms with Crippen LogP contribution < -0.4 is 26.2 Å². The lowest BCUT2D eigenvalue weighted by Crippen LogP contribution is -2.61. The molecule has 0 fully saturated rings. The number of benzene rings is 5. The average Bonchev–Trinajstić information content (AvgIpc) is 3.14. The van der Waals surface area contributed by atoms with E-state index in [0.29, 0.717) is 0 Å². The van der Waals surface area contributed by atoms with Gasteiger partial charge in [-0.3, -0.25) is 0 Å². The zero-order valence-corrected chi connectivity index (χ0v) is 37.1. The van der Waals surface area contributed by atoms with Gasteiger partial charge >= 0.3 is 0 Å². The first-order valence-corrected chi connectivity index (χ1v) is 22.1. The minimum atomic E-state index is 0.0147. The third-order valence-corrected chi connectivity index (χ3v) is 13.7. The number of rotatable bonds is 2. The van der Waals surface area contributed by atoms with Gasteiger partial charge in [0.05, 0.1) is 0 Å². The molecule has 0 spiro atoms. The molecule has 0 radical (unpaired) electrons. The maximum absolute atomic E-state index is 2.68. The molecule has 0 aromatic heterocycles. The fraction of sp³-hybridized carbons (Fsp3) is 0.444. The number of aryl methyl sites for hydroxylation is 4. The van der Waals surface area contributed by atoms with Crippen molar-refractivity contribution in [1.82, 2.24) is 0 Å². The third kappa shape index (κ3) is 6.56. The van der Waals surface area contributed by atoms with Crippen LogP contribution in [0.1, 0.15) is 153 Å². The molecule has 2 heterocycles. The largest absolute Gasteiger partial charge is 0.311 e. The van der Waals surface area contributed by atoms with E-state index in [1.165, 1.54) is 124 Å². The molecule has 3 heteroatoms. The lowest BCUT2D eigenvalue weighted by molar-refractivity contribution is 0.568. The van der Waals surface area contributed by atoms with Crippen molar-refractivity contribution in [1.29, 1.82) is 0 Å². The minimum absolute atomic E-state index is 0.0147. The van der Waals surface area contributed by atoms with Crippen LogP contribution in [0.15, 0.2) is 78.9 Å². The van der Waals surface area contributed by atoms with Gasteiger partial charge in [-0.1, -0.05) is 113 Å². The zero-order valence-electron chi connectivity index (χ0n) is 37.1. The van der Waals surface area contributed by atoms with E-state index in [1.54, 1.807) is 22.3 Å². The van der Waals surface area contributed by atoms with Crippen molar-refractivity contribution in [3.05, 3.63) is 123 Å². The van der Waals surface area contributed by atoms with E-state index in [0.717, 1.165) is 0 Å². The smallest absolute Gasteiger partial charge is 0.252 e. The Morgan fingerprint density at radius 3 is 1.02 bits per heavy atom. The highest BCUT2D eigenvalue weighted by atomic mass is 15.2. The Morgan fingerprint density at radius 1 is 0.386 bits per heavy atom. The van der Waals surface area contributed by atoms with Gasteiger partial charge < -0.3 is 9.80 Å². The number of hydrogen-bond donors (Lipinski definition) is 0. The van der Waals surface area contributed by atoms with E-state index in [1.807, 2.05) is 0 Å². The summed E-state index contributed by atoms with van der Waals surface area (Å²) < 4.78 is 0. The Bertz CT molecular complexity index is 2190. The number of nitrogens with zero attached hydrogens (tertiary/aromatic N) is 2. The number of anilines is 6. The van der Waals surface area contributed by atoms with Crippen LogP contribution in [0, 0.1) is 0 Å². The Morgan fingerprint density at radius 2 is 0.702 bits per heavy atom. The number of hydrogen-bond acceptors (Lipinski definition) is 2. The lowest BCUT2D eigenvalue weighted by atomic mass is 9.33. The average molecular weight is 753 g/mol. The predicted octanol–water partition coefficient (Wildman–Crippen LogP) is 12.7. The molecule has 4 aliphatic rings. The number of fused-ring (bicyclic) bond motifs is 6. The van der Waals surface area contributed by atoms with Gasteiger partial charge in [0.1, 0.15) is 0 Å². The standard InChI is InChI=1S/C54H65BN2/c1-51(2,3)38-28-39(52(4,5)6)31-42(30-38)56-46-22-17-23-47-50(46)55(44-24-34-18-13-15-20-36(34)26-48(44)56)45-25-35-19-14-16-21-37(35)27-49(45)57(47)43-32-40(53(7,8)9)29-41(33-43)54(10,11)12/h17,22-33H,13-16,18-21H2,1-12H3. The Balaban J connectivity index is 1.39. The van der Waals surface area contributed by atoms with Crippen molar-refractivity contribution in [3.8, 4) is 0 Å². The maximum atomic E-state index is 2.68. The third-order valence-electron chi connectivity index (χ3n) is 13.7. The molecule has 5 aromatic rings. The van der Waals surface area contributed by atoms with Gasteiger partial charge in [0.15, 0.2) is 0 Å². The molecule has 294 valence electrons. The van der Waals surface area contributed by atoms with Crippen LogP contribution in [-0.2, 0) is 47.3 Å². The van der Waals surface area contributed by atoms with E-state index in [2.05, 4.69) is 172 Å². The van der Waals surface area contributed by atoms with E-state index >= 15 is 0 Å². The van der Waals surface area contributed by atoms with Crippen LogP contribution in [0.2, 0.25) is 0 Å². The molecule has 0 unspecified atom stereocenters. The van der Waals surface area contributed by atoms with Crippen LogP contribution in [0.25, 0.3) is 0 Å². The van der Waals surface area contributed by atoms with E-state index in [-0.39, 0.29) is 28.4 Å². The van der Waals surface area contributed by atoms with Gasteiger partial charge in [-0.05, 0) is 182 Å². The van der Waals surface area contributed by atoms with Gasteiger partial charge in [0.2, 0.25) is 0 Å². The second-order valence-electron chi connectivity index (χ2n) is 22.1. The topological polar surface area (TPSA) is 6.48 Å². The molecule has 2 nitrogen and oxygen atoms in total. The van der Waals surface area contributed by atoms with Crippen molar-refractivity contribution in [3.63, 3.8) is 0 Å². The van der Waals surface area contributed by atoms with Gasteiger partial charge in [-0.15, -0.1) is 0 Å². The quantitative estimate of drug-likeness (QED) is 0.162. The first kappa shape index (κ1) is 38.3. The SMILES string of the molecule is CC(C)(C)c1cc(N2c3cc4c(cc3B3c5cc6c(cc5N(c5cc(C(C)(C)C)cc(C(C)(C)C)c5)c5cccc2c53)CCCC6)CCCC4)cc(C(C)(C)C)c1. The van der Waals surface area contributed by atoms with Gasteiger partial charge in [0, 0.05) is 34.1 Å². The molecule has 0 N–H and O–H groups in total. The van der Waals surface area contributed by atoms with Gasteiger partial charge in [-0.2, -0.15) is 0 Å². The Hall–Kier alpha value is -4.24. The van der Waals surface area contributed by atoms with E-state index in [4.69, 9.17) is 0 Å². The molecular formula is C54H65BN2. The highest BCUT2D eigenvalue weighted by molar-refractivity contribution is 7.00. The summed E-state index contributed by atoms with van der Waals surface area (Å²) in [6, 6.07) is 32.7. The van der Waals surface area contributed by atoms with Gasteiger partial charge in [-0.25, -0.2) is 0 Å². The summed E-state index contributed by atoms with van der Waals surface area (Å²) in [7, 11) is 0. The van der Waals surface area contributed by atoms with E-state index in [9.17, 15) is 0 Å². The molecule has 0 saturated heterocycles. The summed E-state index contributed by atoms with van der Waals surface area (Å²) in [5.74, 6) is 0. The molecule has 0 saturated carbocycles. The second kappa shape index (κ2) is 13.1. The van der Waals surface area contributed by atoms with Crippen LogP contribution in [-0.4, -0.2) is 6.71 Å². The predicted molar refractivity (Wildman–Crippen MR) is 249 cm³/mol. The summed E-state index contributed by atoms with van der Waals surface area (Å²) in [6.07, 6.45) is 9.80. The van der Waals surface area contributed by atoms with Crippen molar-refractivity contribution in [2.75, 3.05) is 9.80 Å². The Labute approximate surface area is 345 Å². The zero-order chi connectivity index (χ0) is 40.4. The van der Waals surface area contributed by atoms with Crippen LogP contribution in [0.4, 0.5) is 34.1 Å². The highest BCUT2D eigenvalue weighted by Gasteiger charge is 2.45. The Kier molecular flexibility index (Phi) is 8.83. The highest BCUT2D eigenvalue weighted by Crippen LogP contribution is 2.48. The first-order valence-electron chi connectivity index (χ1n) is 22.1. The molecule has 57 heavy (non-hydrogen) atoms. The van der Waals surface area contributed by atoms with Crippen molar-refractivity contribution in [2.24, 2.45) is 0 Å². The van der Waals surface area contributed by atoms with Crippen molar-refractivity contribution in [2.45, 2.75) is 156 Å². The molecule has 0 bridgehead atoms. The molecule has 9 rings (SSSR count). The van der Waals surface area contributed by atoms with Crippen LogP contribution >= 0.6 is 0 Å². The van der Waals surface area contributed by atoms with E-state index < -0.39 is 0 Å². The van der Waals surface area contributed by atoms with Gasteiger partial charge in [0.25, 0.3) is 6.71 Å². The first-order chi connectivity index (χ1) is 26.8. The fourth-order valence-electron chi connectivity index (χ4n) is 10.2. The molecule has 5 aromatic carbocycles. The lowest BCUT2D eigenvalue weighted by Gasteiger charge is -2.45. The van der Waals surface area contributed by atoms with Crippen LogP contribution in [0.3, 0.4) is 0 Å². The summed E-state index contributed by atoms with van der Waals surface area (Å²) >= 11 is 0. The molecule has 2 aliphatic carbocycles. The molecular weight excluding hydrogens is 687 g/mol. The second-order valence-corrected chi connectivity index (χ2v) is 22.1. The van der Waals surface area contributed by atoms with Crippen molar-refractivity contribution < 1.29 is 0 Å². The normalized spacial score (nSPS) is 16.5. The summed E-state index contributed by atoms with van der Waals surface area (Å²) in [4.78, 5) is 5.36. The fourth-order valence-corrected chi connectivity index (χ4v) is 10.2. The monoisotopic (exact) mass is 753 g/mol.